The highest BCUT2D eigenvalue weighted by molar-refractivity contribution is 7.80. The smallest absolute Gasteiger partial charge is 0.327 e. The minimum atomic E-state index is -1.15. The highest BCUT2D eigenvalue weighted by atomic mass is 32.1. The summed E-state index contributed by atoms with van der Waals surface area (Å²) in [5, 5.41) is 21.7. The van der Waals surface area contributed by atoms with Crippen molar-refractivity contribution in [2.45, 2.75) is 6.04 Å². The zero-order valence-electron chi connectivity index (χ0n) is 8.16. The first-order valence-corrected chi connectivity index (χ1v) is 5.01. The Hall–Kier alpha value is -1.76. The van der Waals surface area contributed by atoms with Crippen LogP contribution in [0.4, 0.5) is 0 Å². The molecule has 1 heterocycles. The quantitative estimate of drug-likeness (QED) is 0.374. The van der Waals surface area contributed by atoms with Crippen molar-refractivity contribution in [2.24, 2.45) is 0 Å². The molecule has 1 unspecified atom stereocenters. The highest BCUT2D eigenvalue weighted by Gasteiger charge is 2.19. The van der Waals surface area contributed by atoms with Crippen LogP contribution in [0.3, 0.4) is 0 Å². The van der Waals surface area contributed by atoms with Crippen molar-refractivity contribution in [3.63, 3.8) is 0 Å². The molecule has 1 amide bonds. The zero-order chi connectivity index (χ0) is 12.1. The van der Waals surface area contributed by atoms with Gasteiger partial charge in [0.2, 0.25) is 0 Å². The van der Waals surface area contributed by atoms with Crippen molar-refractivity contribution in [1.29, 1.82) is 0 Å². The molecule has 0 aliphatic rings. The molecule has 0 aliphatic carbocycles. The van der Waals surface area contributed by atoms with E-state index in [-0.39, 0.29) is 11.3 Å². The average Bonchev–Trinajstić information content (AvgIpc) is 2.26. The number of pyridine rings is 1. The van der Waals surface area contributed by atoms with Gasteiger partial charge in [-0.25, -0.2) is 4.79 Å². The number of amides is 1. The number of aromatic nitrogens is 1. The summed E-state index contributed by atoms with van der Waals surface area (Å²) >= 11 is 3.81. The minimum absolute atomic E-state index is 0.00450. The fourth-order valence-electron chi connectivity index (χ4n) is 0.991. The first kappa shape index (κ1) is 12.3. The Balaban J connectivity index is 2.71. The third kappa shape index (κ3) is 3.13. The van der Waals surface area contributed by atoms with Gasteiger partial charge in [-0.05, 0) is 0 Å². The van der Waals surface area contributed by atoms with E-state index >= 15 is 0 Å². The normalized spacial score (nSPS) is 11.8. The van der Waals surface area contributed by atoms with Gasteiger partial charge in [0.05, 0.1) is 5.56 Å². The van der Waals surface area contributed by atoms with E-state index in [1.807, 2.05) is 0 Å². The lowest BCUT2D eigenvalue weighted by atomic mass is 10.2. The van der Waals surface area contributed by atoms with Gasteiger partial charge in [-0.2, -0.15) is 17.4 Å². The van der Waals surface area contributed by atoms with E-state index in [0.717, 1.165) is 12.4 Å². The Morgan fingerprint density at radius 2 is 2.06 bits per heavy atom. The van der Waals surface area contributed by atoms with Gasteiger partial charge in [-0.3, -0.25) is 4.79 Å². The number of thiol groups is 1. The van der Waals surface area contributed by atoms with Crippen LogP contribution in [0.1, 0.15) is 10.4 Å². The van der Waals surface area contributed by atoms with Gasteiger partial charge in [0, 0.05) is 17.9 Å². The number of hydrogen-bond acceptors (Lipinski definition) is 4. The predicted octanol–water partition coefficient (Wildman–Crippen LogP) is -0.567. The van der Waals surface area contributed by atoms with Gasteiger partial charge in [0.1, 0.15) is 6.04 Å². The molecule has 1 atom stereocenters. The van der Waals surface area contributed by atoms with Crippen LogP contribution < -0.4 is 10.0 Å². The van der Waals surface area contributed by atoms with Crippen molar-refractivity contribution in [2.75, 3.05) is 5.75 Å². The van der Waals surface area contributed by atoms with Gasteiger partial charge in [-0.1, -0.05) is 0 Å². The van der Waals surface area contributed by atoms with Crippen LogP contribution in [-0.4, -0.2) is 28.8 Å². The molecule has 2 N–H and O–H groups in total. The number of carbonyl (C=O) groups excluding carboxylic acids is 1. The van der Waals surface area contributed by atoms with Crippen LogP contribution in [0.15, 0.2) is 24.5 Å². The van der Waals surface area contributed by atoms with Crippen molar-refractivity contribution >= 4 is 24.5 Å². The van der Waals surface area contributed by atoms with Gasteiger partial charge in [0.15, 0.2) is 12.4 Å². The molecular weight excluding hydrogens is 232 g/mol. The van der Waals surface area contributed by atoms with E-state index in [2.05, 4.69) is 17.9 Å². The summed E-state index contributed by atoms with van der Waals surface area (Å²) in [6, 6.07) is 1.56. The highest BCUT2D eigenvalue weighted by Crippen LogP contribution is 1.97. The summed E-state index contributed by atoms with van der Waals surface area (Å²) in [6.07, 6.45) is 2.32. The van der Waals surface area contributed by atoms with Crippen LogP contribution in [-0.2, 0) is 4.79 Å². The first-order valence-electron chi connectivity index (χ1n) is 4.38. The predicted molar refractivity (Wildman–Crippen MR) is 58.1 cm³/mol. The lowest BCUT2D eigenvalue weighted by molar-refractivity contribution is -0.605. The monoisotopic (exact) mass is 242 g/mol. The van der Waals surface area contributed by atoms with Crippen molar-refractivity contribution in [1.82, 2.24) is 5.32 Å². The minimum Gasteiger partial charge on any atom is -0.619 e. The molecule has 7 heteroatoms. The number of nitrogens with zero attached hydrogens (tertiary/aromatic N) is 1. The topological polar surface area (TPSA) is 93.3 Å². The number of hydrogen-bond donors (Lipinski definition) is 3. The second kappa shape index (κ2) is 5.36. The SMILES string of the molecule is O=C(NC(CS)C(=O)O)c1cc[n+]([O-])cc1. The number of aliphatic carboxylic acids is 1. The maximum Gasteiger partial charge on any atom is 0.327 e. The Bertz CT molecular complexity index is 393. The Morgan fingerprint density at radius 3 is 2.50 bits per heavy atom. The molecule has 0 saturated carbocycles. The van der Waals surface area contributed by atoms with E-state index in [1.54, 1.807) is 0 Å². The van der Waals surface area contributed by atoms with Gasteiger partial charge < -0.3 is 15.6 Å². The molecule has 0 saturated heterocycles. The molecule has 0 aliphatic heterocycles. The van der Waals surface area contributed by atoms with Crippen LogP contribution in [0.5, 0.6) is 0 Å². The van der Waals surface area contributed by atoms with E-state index in [0.29, 0.717) is 4.73 Å². The van der Waals surface area contributed by atoms with E-state index in [1.165, 1.54) is 12.1 Å². The lowest BCUT2D eigenvalue weighted by Gasteiger charge is -2.11. The molecular formula is C9H10N2O4S. The lowest BCUT2D eigenvalue weighted by Crippen LogP contribution is -2.42. The number of nitrogens with one attached hydrogen (secondary N) is 1. The zero-order valence-corrected chi connectivity index (χ0v) is 9.05. The summed E-state index contributed by atoms with van der Waals surface area (Å²) in [5.74, 6) is -1.71. The summed E-state index contributed by atoms with van der Waals surface area (Å²) < 4.78 is 0.532. The summed E-state index contributed by atoms with van der Waals surface area (Å²) in [7, 11) is 0. The Labute approximate surface area is 96.9 Å². The molecule has 86 valence electrons. The van der Waals surface area contributed by atoms with Crippen molar-refractivity contribution in [3.8, 4) is 0 Å². The molecule has 1 aromatic heterocycles. The van der Waals surface area contributed by atoms with E-state index in [9.17, 15) is 14.8 Å². The summed E-state index contributed by atoms with van der Waals surface area (Å²) in [5.41, 5.74) is 0.222. The Morgan fingerprint density at radius 1 is 1.50 bits per heavy atom. The van der Waals surface area contributed by atoms with Crippen LogP contribution in [0.25, 0.3) is 0 Å². The fraction of sp³-hybridized carbons (Fsp3) is 0.222. The molecule has 1 rings (SSSR count). The summed E-state index contributed by atoms with van der Waals surface area (Å²) in [6.45, 7) is 0. The Kier molecular flexibility index (Phi) is 4.12. The number of carboxylic acid groups (broad SMARTS) is 1. The number of carboxylic acids is 1. The van der Waals surface area contributed by atoms with Gasteiger partial charge in [-0.15, -0.1) is 0 Å². The second-order valence-corrected chi connectivity index (χ2v) is 3.36. The van der Waals surface area contributed by atoms with Gasteiger partial charge in [0.25, 0.3) is 5.91 Å². The molecule has 0 radical (unpaired) electrons. The maximum atomic E-state index is 11.5. The van der Waals surface area contributed by atoms with E-state index < -0.39 is 17.9 Å². The van der Waals surface area contributed by atoms with Crippen molar-refractivity contribution < 1.29 is 19.4 Å². The molecule has 0 spiro atoms. The molecule has 0 fully saturated rings. The fourth-order valence-corrected chi connectivity index (χ4v) is 1.24. The van der Waals surface area contributed by atoms with Crippen LogP contribution >= 0.6 is 12.6 Å². The third-order valence-corrected chi connectivity index (χ3v) is 2.22. The molecule has 16 heavy (non-hydrogen) atoms. The standard InChI is InChI=1S/C9H10N2O4S/c12-8(10-7(5-16)9(13)14)6-1-3-11(15)4-2-6/h1-4,7,16H,5H2,(H,10,12)(H,13,14). The largest absolute Gasteiger partial charge is 0.619 e. The number of carbonyl (C=O) groups is 2. The van der Waals surface area contributed by atoms with E-state index in [4.69, 9.17) is 5.11 Å². The molecule has 0 aromatic carbocycles. The first-order chi connectivity index (χ1) is 7.54. The summed E-state index contributed by atoms with van der Waals surface area (Å²) in [4.78, 5) is 22.1. The molecule has 6 nitrogen and oxygen atoms in total. The molecule has 1 aromatic rings. The average molecular weight is 242 g/mol. The maximum absolute atomic E-state index is 11.5. The van der Waals surface area contributed by atoms with Crippen LogP contribution in [0.2, 0.25) is 0 Å². The van der Waals surface area contributed by atoms with Gasteiger partial charge >= 0.3 is 5.97 Å². The number of rotatable bonds is 4. The molecule has 0 bridgehead atoms. The second-order valence-electron chi connectivity index (χ2n) is 2.99. The third-order valence-electron chi connectivity index (χ3n) is 1.85. The van der Waals surface area contributed by atoms with Crippen LogP contribution in [0, 0.1) is 5.21 Å². The van der Waals surface area contributed by atoms with Crippen molar-refractivity contribution in [3.05, 3.63) is 35.3 Å².